The van der Waals surface area contributed by atoms with Crippen molar-refractivity contribution >= 4 is 11.7 Å². The maximum Gasteiger partial charge on any atom is 0.319 e. The number of nitrogens with one attached hydrogen (secondary N) is 2. The second-order valence-corrected chi connectivity index (χ2v) is 5.54. The van der Waals surface area contributed by atoms with Gasteiger partial charge in [-0.25, -0.2) is 4.79 Å². The van der Waals surface area contributed by atoms with E-state index in [0.29, 0.717) is 12.6 Å². The second-order valence-electron chi connectivity index (χ2n) is 5.54. The van der Waals surface area contributed by atoms with Gasteiger partial charge >= 0.3 is 6.03 Å². The first-order valence-corrected chi connectivity index (χ1v) is 7.64. The molecule has 0 spiro atoms. The van der Waals surface area contributed by atoms with E-state index in [1.54, 1.807) is 0 Å². The van der Waals surface area contributed by atoms with Crippen molar-refractivity contribution in [3.8, 4) is 0 Å². The largest absolute Gasteiger partial charge is 0.335 e. The summed E-state index contributed by atoms with van der Waals surface area (Å²) in [5.41, 5.74) is 7.43. The standard InChI is InChI=1S/C16H25N3O/c17-12-13-8-10-15(11-9-13)19-16(20)18-14-6-4-2-1-3-5-7-14/h8-11,14H,1-7,12,17H2,(H2,18,19,20). The van der Waals surface area contributed by atoms with Crippen LogP contribution in [0.5, 0.6) is 0 Å². The van der Waals surface area contributed by atoms with Crippen molar-refractivity contribution < 1.29 is 4.79 Å². The molecule has 4 nitrogen and oxygen atoms in total. The van der Waals surface area contributed by atoms with Crippen LogP contribution in [0.25, 0.3) is 0 Å². The molecule has 20 heavy (non-hydrogen) atoms. The molecule has 1 aromatic carbocycles. The van der Waals surface area contributed by atoms with Crippen molar-refractivity contribution in [3.05, 3.63) is 29.8 Å². The van der Waals surface area contributed by atoms with Crippen LogP contribution in [0, 0.1) is 0 Å². The number of hydrogen-bond acceptors (Lipinski definition) is 2. The number of nitrogens with two attached hydrogens (primary N) is 1. The van der Waals surface area contributed by atoms with E-state index < -0.39 is 0 Å². The molecule has 1 saturated carbocycles. The number of urea groups is 1. The van der Waals surface area contributed by atoms with Gasteiger partial charge < -0.3 is 16.4 Å². The van der Waals surface area contributed by atoms with Crippen molar-refractivity contribution in [3.63, 3.8) is 0 Å². The molecule has 0 atom stereocenters. The van der Waals surface area contributed by atoms with Crippen LogP contribution in [0.4, 0.5) is 10.5 Å². The number of anilines is 1. The average Bonchev–Trinajstić information content (AvgIpc) is 2.42. The summed E-state index contributed by atoms with van der Waals surface area (Å²) < 4.78 is 0. The molecule has 1 fully saturated rings. The number of carbonyl (C=O) groups excluding carboxylic acids is 1. The molecule has 1 aliphatic carbocycles. The smallest absolute Gasteiger partial charge is 0.319 e. The molecular formula is C16H25N3O. The van der Waals surface area contributed by atoms with Gasteiger partial charge in [-0.15, -0.1) is 0 Å². The first-order chi connectivity index (χ1) is 9.78. The molecule has 0 heterocycles. The predicted molar refractivity (Wildman–Crippen MR) is 82.6 cm³/mol. The van der Waals surface area contributed by atoms with Gasteiger partial charge in [0, 0.05) is 18.3 Å². The van der Waals surface area contributed by atoms with Gasteiger partial charge in [0.15, 0.2) is 0 Å². The zero-order valence-corrected chi connectivity index (χ0v) is 12.0. The Morgan fingerprint density at radius 1 is 1.05 bits per heavy atom. The van der Waals surface area contributed by atoms with E-state index in [0.717, 1.165) is 24.1 Å². The molecule has 4 N–H and O–H groups in total. The fraction of sp³-hybridized carbons (Fsp3) is 0.562. The Kier molecular flexibility index (Phi) is 5.87. The molecule has 0 radical (unpaired) electrons. The molecule has 1 aliphatic rings. The van der Waals surface area contributed by atoms with Gasteiger partial charge in [-0.2, -0.15) is 0 Å². The van der Waals surface area contributed by atoms with Crippen molar-refractivity contribution in [2.45, 2.75) is 57.5 Å². The maximum absolute atomic E-state index is 12.0. The Hall–Kier alpha value is -1.55. The first-order valence-electron chi connectivity index (χ1n) is 7.64. The van der Waals surface area contributed by atoms with Crippen molar-refractivity contribution in [1.29, 1.82) is 0 Å². The molecule has 4 heteroatoms. The Morgan fingerprint density at radius 3 is 2.25 bits per heavy atom. The normalized spacial score (nSPS) is 17.1. The van der Waals surface area contributed by atoms with Crippen LogP contribution in [0.2, 0.25) is 0 Å². The monoisotopic (exact) mass is 275 g/mol. The van der Waals surface area contributed by atoms with Gasteiger partial charge in [0.2, 0.25) is 0 Å². The quantitative estimate of drug-likeness (QED) is 0.791. The highest BCUT2D eigenvalue weighted by Crippen LogP contribution is 2.17. The fourth-order valence-corrected chi connectivity index (χ4v) is 2.68. The molecule has 1 aromatic rings. The molecule has 2 amide bonds. The lowest BCUT2D eigenvalue weighted by atomic mass is 9.97. The van der Waals surface area contributed by atoms with E-state index in [9.17, 15) is 4.79 Å². The van der Waals surface area contributed by atoms with Crippen LogP contribution in [-0.2, 0) is 6.54 Å². The molecule has 0 saturated heterocycles. The number of hydrogen-bond donors (Lipinski definition) is 3. The molecule has 0 bridgehead atoms. The zero-order chi connectivity index (χ0) is 14.2. The van der Waals surface area contributed by atoms with E-state index in [4.69, 9.17) is 5.73 Å². The highest BCUT2D eigenvalue weighted by molar-refractivity contribution is 5.89. The third-order valence-electron chi connectivity index (χ3n) is 3.89. The molecule has 0 unspecified atom stereocenters. The Balaban J connectivity index is 1.81. The summed E-state index contributed by atoms with van der Waals surface area (Å²) in [4.78, 5) is 12.0. The summed E-state index contributed by atoms with van der Waals surface area (Å²) in [7, 11) is 0. The molecule has 0 aromatic heterocycles. The lowest BCUT2D eigenvalue weighted by Crippen LogP contribution is -2.38. The lowest BCUT2D eigenvalue weighted by molar-refractivity contribution is 0.245. The number of benzene rings is 1. The Bertz CT molecular complexity index is 408. The summed E-state index contributed by atoms with van der Waals surface area (Å²) in [6.45, 7) is 0.522. The van der Waals surface area contributed by atoms with Gasteiger partial charge in [0.25, 0.3) is 0 Å². The summed E-state index contributed by atoms with van der Waals surface area (Å²) in [6.07, 6.45) is 8.55. The van der Waals surface area contributed by atoms with Crippen LogP contribution < -0.4 is 16.4 Å². The minimum atomic E-state index is -0.101. The summed E-state index contributed by atoms with van der Waals surface area (Å²) in [5, 5.41) is 5.97. The van der Waals surface area contributed by atoms with Gasteiger partial charge in [0.1, 0.15) is 0 Å². The van der Waals surface area contributed by atoms with Crippen LogP contribution >= 0.6 is 0 Å². The Morgan fingerprint density at radius 2 is 1.65 bits per heavy atom. The van der Waals surface area contributed by atoms with Crippen molar-refractivity contribution in [2.75, 3.05) is 5.32 Å². The SMILES string of the molecule is NCc1ccc(NC(=O)NC2CCCCCCC2)cc1. The van der Waals surface area contributed by atoms with Gasteiger partial charge in [-0.05, 0) is 30.5 Å². The van der Waals surface area contributed by atoms with E-state index in [-0.39, 0.29) is 6.03 Å². The van der Waals surface area contributed by atoms with Crippen LogP contribution in [0.15, 0.2) is 24.3 Å². The van der Waals surface area contributed by atoms with Crippen LogP contribution in [0.3, 0.4) is 0 Å². The number of rotatable bonds is 3. The van der Waals surface area contributed by atoms with Gasteiger partial charge in [-0.3, -0.25) is 0 Å². The zero-order valence-electron chi connectivity index (χ0n) is 12.0. The average molecular weight is 275 g/mol. The number of carbonyl (C=O) groups is 1. The van der Waals surface area contributed by atoms with Crippen molar-refractivity contribution in [1.82, 2.24) is 5.32 Å². The van der Waals surface area contributed by atoms with E-state index in [1.807, 2.05) is 24.3 Å². The van der Waals surface area contributed by atoms with E-state index >= 15 is 0 Å². The van der Waals surface area contributed by atoms with Gasteiger partial charge in [-0.1, -0.05) is 44.2 Å². The number of amides is 2. The van der Waals surface area contributed by atoms with Crippen LogP contribution in [0.1, 0.15) is 50.5 Å². The highest BCUT2D eigenvalue weighted by atomic mass is 16.2. The first kappa shape index (κ1) is 14.9. The molecule has 0 aliphatic heterocycles. The minimum absolute atomic E-state index is 0.101. The molecule has 2 rings (SSSR count). The summed E-state index contributed by atoms with van der Waals surface area (Å²) >= 11 is 0. The summed E-state index contributed by atoms with van der Waals surface area (Å²) in [6, 6.07) is 7.87. The topological polar surface area (TPSA) is 67.1 Å². The highest BCUT2D eigenvalue weighted by Gasteiger charge is 2.13. The summed E-state index contributed by atoms with van der Waals surface area (Å²) in [5.74, 6) is 0. The lowest BCUT2D eigenvalue weighted by Gasteiger charge is -2.21. The van der Waals surface area contributed by atoms with Crippen molar-refractivity contribution in [2.24, 2.45) is 5.73 Å². The van der Waals surface area contributed by atoms with Crippen LogP contribution in [-0.4, -0.2) is 12.1 Å². The molecule has 110 valence electrons. The third-order valence-corrected chi connectivity index (χ3v) is 3.89. The third kappa shape index (κ3) is 4.85. The van der Waals surface area contributed by atoms with Gasteiger partial charge in [0.05, 0.1) is 0 Å². The maximum atomic E-state index is 12.0. The predicted octanol–water partition coefficient (Wildman–Crippen LogP) is 3.38. The Labute approximate surface area is 121 Å². The second kappa shape index (κ2) is 7.90. The van der Waals surface area contributed by atoms with E-state index in [1.165, 1.54) is 32.1 Å². The fourth-order valence-electron chi connectivity index (χ4n) is 2.68. The minimum Gasteiger partial charge on any atom is -0.335 e. The molecular weight excluding hydrogens is 250 g/mol. The van der Waals surface area contributed by atoms with E-state index in [2.05, 4.69) is 10.6 Å².